The molecule has 45 heavy (non-hydrogen) atoms. The SMILES string of the molecule is COc1ccc(C(OCc2cccc(CNC(=S)NCc3cccc(CO)n3)c2)(c2ccccc2)c2ccc(OC)cc2)cc1. The number of thiocarbonyl (C=S) groups is 1. The average Bonchev–Trinajstić information content (AvgIpc) is 3.11. The number of methoxy groups -OCH3 is 2. The van der Waals surface area contributed by atoms with Crippen LogP contribution in [0.3, 0.4) is 0 Å². The Labute approximate surface area is 269 Å². The molecular formula is C37H37N3O4S. The molecule has 4 aromatic carbocycles. The summed E-state index contributed by atoms with van der Waals surface area (Å²) in [5, 5.41) is 16.3. The van der Waals surface area contributed by atoms with Crippen molar-refractivity contribution in [1.82, 2.24) is 15.6 Å². The van der Waals surface area contributed by atoms with Crippen molar-refractivity contribution in [2.24, 2.45) is 0 Å². The van der Waals surface area contributed by atoms with E-state index in [-0.39, 0.29) is 6.61 Å². The summed E-state index contributed by atoms with van der Waals surface area (Å²) in [7, 11) is 3.33. The Bertz CT molecular complexity index is 1630. The quantitative estimate of drug-likeness (QED) is 0.105. The Morgan fingerprint density at radius 3 is 1.84 bits per heavy atom. The summed E-state index contributed by atoms with van der Waals surface area (Å²) in [6.07, 6.45) is 0. The second-order valence-corrected chi connectivity index (χ2v) is 10.8. The van der Waals surface area contributed by atoms with Crippen molar-refractivity contribution in [3.05, 3.63) is 161 Å². The molecule has 1 heterocycles. The van der Waals surface area contributed by atoms with E-state index >= 15 is 0 Å². The minimum absolute atomic E-state index is 0.0940. The molecule has 5 rings (SSSR count). The third-order valence-corrected chi connectivity index (χ3v) is 7.82. The third-order valence-electron chi connectivity index (χ3n) is 7.53. The van der Waals surface area contributed by atoms with Crippen LogP contribution in [0, 0.1) is 0 Å². The van der Waals surface area contributed by atoms with E-state index in [0.29, 0.717) is 30.5 Å². The maximum absolute atomic E-state index is 9.33. The van der Waals surface area contributed by atoms with Gasteiger partial charge >= 0.3 is 0 Å². The van der Waals surface area contributed by atoms with Crippen molar-refractivity contribution >= 4 is 17.3 Å². The van der Waals surface area contributed by atoms with E-state index in [1.807, 2.05) is 60.7 Å². The van der Waals surface area contributed by atoms with Gasteiger partial charge in [-0.1, -0.05) is 84.9 Å². The summed E-state index contributed by atoms with van der Waals surface area (Å²) >= 11 is 5.50. The fourth-order valence-corrected chi connectivity index (χ4v) is 5.37. The highest BCUT2D eigenvalue weighted by Gasteiger charge is 2.38. The van der Waals surface area contributed by atoms with Gasteiger partial charge < -0.3 is 30.0 Å². The molecule has 0 amide bonds. The van der Waals surface area contributed by atoms with Gasteiger partial charge in [0.2, 0.25) is 0 Å². The summed E-state index contributed by atoms with van der Waals surface area (Å²) in [4.78, 5) is 4.39. The Kier molecular flexibility index (Phi) is 10.8. The summed E-state index contributed by atoms with van der Waals surface area (Å²) in [5.41, 5.74) is 5.60. The molecule has 0 aliphatic carbocycles. The predicted molar refractivity (Wildman–Crippen MR) is 180 cm³/mol. The van der Waals surface area contributed by atoms with Gasteiger partial charge in [0, 0.05) is 6.54 Å². The molecule has 0 atom stereocenters. The maximum atomic E-state index is 9.33. The van der Waals surface area contributed by atoms with Crippen LogP contribution in [-0.2, 0) is 36.6 Å². The highest BCUT2D eigenvalue weighted by atomic mass is 32.1. The molecule has 1 aromatic heterocycles. The molecule has 3 N–H and O–H groups in total. The molecule has 0 aliphatic rings. The molecule has 7 nitrogen and oxygen atoms in total. The first kappa shape index (κ1) is 31.7. The van der Waals surface area contributed by atoms with Gasteiger partial charge in [-0.05, 0) is 76.4 Å². The smallest absolute Gasteiger partial charge is 0.166 e. The van der Waals surface area contributed by atoms with Gasteiger partial charge in [-0.15, -0.1) is 0 Å². The van der Waals surface area contributed by atoms with Crippen LogP contribution in [-0.4, -0.2) is 29.4 Å². The number of aliphatic hydroxyl groups is 1. The standard InChI is InChI=1S/C37H37N3O4S/c1-42-34-18-14-30(15-19-34)37(29-10-4-3-5-11-29,31-16-20-35(43-2)21-17-31)44-26-28-9-6-8-27(22-28)23-38-36(45)39-24-32-12-7-13-33(25-41)40-32/h3-22,41H,23-26H2,1-2H3,(H2,38,39,45). The molecule has 5 aromatic rings. The number of aliphatic hydroxyl groups excluding tert-OH is 1. The van der Waals surface area contributed by atoms with Gasteiger partial charge in [-0.3, -0.25) is 4.98 Å². The number of nitrogens with one attached hydrogen (secondary N) is 2. The van der Waals surface area contributed by atoms with Gasteiger partial charge in [-0.25, -0.2) is 0 Å². The minimum atomic E-state index is -0.902. The third kappa shape index (κ3) is 7.85. The fraction of sp³-hybridized carbons (Fsp3) is 0.189. The zero-order valence-corrected chi connectivity index (χ0v) is 26.2. The van der Waals surface area contributed by atoms with Crippen LogP contribution in [0.4, 0.5) is 0 Å². The van der Waals surface area contributed by atoms with Crippen molar-refractivity contribution in [3.63, 3.8) is 0 Å². The number of benzene rings is 4. The van der Waals surface area contributed by atoms with Gasteiger partial charge in [-0.2, -0.15) is 0 Å². The first-order valence-corrected chi connectivity index (χ1v) is 15.1. The summed E-state index contributed by atoms with van der Waals surface area (Å²) in [6.45, 7) is 1.27. The van der Waals surface area contributed by atoms with Crippen molar-refractivity contribution in [2.75, 3.05) is 14.2 Å². The Morgan fingerprint density at radius 2 is 1.22 bits per heavy atom. The molecular weight excluding hydrogens is 582 g/mol. The van der Waals surface area contributed by atoms with E-state index < -0.39 is 5.60 Å². The number of hydrogen-bond acceptors (Lipinski definition) is 6. The number of nitrogens with zero attached hydrogens (tertiary/aromatic N) is 1. The topological polar surface area (TPSA) is 84.9 Å². The molecule has 0 radical (unpaired) electrons. The molecule has 0 aliphatic heterocycles. The molecule has 0 saturated heterocycles. The van der Waals surface area contributed by atoms with Gasteiger partial charge in [0.1, 0.15) is 17.1 Å². The molecule has 0 saturated carbocycles. The van der Waals surface area contributed by atoms with E-state index in [9.17, 15) is 5.11 Å². The number of aromatic nitrogens is 1. The Hall–Kier alpha value is -4.76. The molecule has 8 heteroatoms. The van der Waals surface area contributed by atoms with Crippen LogP contribution in [0.1, 0.15) is 39.2 Å². The van der Waals surface area contributed by atoms with Crippen LogP contribution in [0.25, 0.3) is 0 Å². The van der Waals surface area contributed by atoms with Crippen LogP contribution in [0.15, 0.2) is 121 Å². The van der Waals surface area contributed by atoms with Crippen LogP contribution in [0.5, 0.6) is 11.5 Å². The predicted octanol–water partition coefficient (Wildman–Crippen LogP) is 6.26. The maximum Gasteiger partial charge on any atom is 0.166 e. The van der Waals surface area contributed by atoms with Crippen molar-refractivity contribution in [1.29, 1.82) is 0 Å². The monoisotopic (exact) mass is 619 g/mol. The van der Waals surface area contributed by atoms with E-state index in [1.54, 1.807) is 20.3 Å². The summed E-state index contributed by atoms with van der Waals surface area (Å²) < 4.78 is 18.0. The summed E-state index contributed by atoms with van der Waals surface area (Å²) in [5.74, 6) is 1.55. The van der Waals surface area contributed by atoms with Crippen LogP contribution in [0.2, 0.25) is 0 Å². The number of ether oxygens (including phenoxy) is 3. The zero-order chi connectivity index (χ0) is 31.5. The zero-order valence-electron chi connectivity index (χ0n) is 25.4. The minimum Gasteiger partial charge on any atom is -0.497 e. The lowest BCUT2D eigenvalue weighted by molar-refractivity contribution is 0.000167. The van der Waals surface area contributed by atoms with Crippen LogP contribution < -0.4 is 20.1 Å². The first-order chi connectivity index (χ1) is 22.0. The largest absolute Gasteiger partial charge is 0.497 e. The lowest BCUT2D eigenvalue weighted by Gasteiger charge is -2.36. The Morgan fingerprint density at radius 1 is 0.667 bits per heavy atom. The van der Waals surface area contributed by atoms with Crippen LogP contribution >= 0.6 is 12.2 Å². The van der Waals surface area contributed by atoms with E-state index in [4.69, 9.17) is 26.4 Å². The van der Waals surface area contributed by atoms with Crippen molar-refractivity contribution in [2.45, 2.75) is 31.9 Å². The lowest BCUT2D eigenvalue weighted by Crippen LogP contribution is -2.34. The van der Waals surface area contributed by atoms with E-state index in [2.05, 4.69) is 70.2 Å². The molecule has 230 valence electrons. The van der Waals surface area contributed by atoms with Crippen molar-refractivity contribution < 1.29 is 19.3 Å². The lowest BCUT2D eigenvalue weighted by atomic mass is 9.80. The van der Waals surface area contributed by atoms with Gasteiger partial charge in [0.05, 0.1) is 45.4 Å². The molecule has 0 fully saturated rings. The molecule has 0 spiro atoms. The number of rotatable bonds is 13. The Balaban J connectivity index is 1.36. The highest BCUT2D eigenvalue weighted by molar-refractivity contribution is 7.80. The first-order valence-electron chi connectivity index (χ1n) is 14.7. The second kappa shape index (κ2) is 15.3. The normalized spacial score (nSPS) is 11.1. The van der Waals surface area contributed by atoms with Gasteiger partial charge in [0.15, 0.2) is 5.11 Å². The summed E-state index contributed by atoms with van der Waals surface area (Å²) in [6, 6.07) is 40.2. The van der Waals surface area contributed by atoms with E-state index in [1.165, 1.54) is 0 Å². The highest BCUT2D eigenvalue weighted by Crippen LogP contribution is 2.42. The van der Waals surface area contributed by atoms with Gasteiger partial charge in [0.25, 0.3) is 0 Å². The average molecular weight is 620 g/mol. The molecule has 0 unspecified atom stereocenters. The fourth-order valence-electron chi connectivity index (χ4n) is 5.23. The van der Waals surface area contributed by atoms with Crippen molar-refractivity contribution in [3.8, 4) is 11.5 Å². The second-order valence-electron chi connectivity index (χ2n) is 10.4. The number of pyridine rings is 1. The van der Waals surface area contributed by atoms with E-state index in [0.717, 1.165) is 45.0 Å². The molecule has 0 bridgehead atoms. The number of hydrogen-bond donors (Lipinski definition) is 3.